The molecule has 0 saturated carbocycles. The summed E-state index contributed by atoms with van der Waals surface area (Å²) >= 11 is 0. The number of fused-ring (bicyclic) bond motifs is 1. The van der Waals surface area contributed by atoms with E-state index < -0.39 is 5.63 Å². The molecule has 1 aromatic heterocycles. The molecule has 0 bridgehead atoms. The molecule has 1 aromatic carbocycles. The molecule has 1 aliphatic heterocycles. The molecule has 2 aromatic rings. The Bertz CT molecular complexity index is 943. The summed E-state index contributed by atoms with van der Waals surface area (Å²) in [4.78, 5) is 25.2. The Balaban J connectivity index is 1.80. The predicted molar refractivity (Wildman–Crippen MR) is 110 cm³/mol. The Kier molecular flexibility index (Phi) is 5.28. The summed E-state index contributed by atoms with van der Waals surface area (Å²) < 4.78 is 10.6. The van der Waals surface area contributed by atoms with E-state index in [-0.39, 0.29) is 29.4 Å². The Morgan fingerprint density at radius 1 is 1.25 bits per heavy atom. The SMILES string of the molecule is COc1ccc2c(C)c(CC(=O)NC3CC(C)(C)NC(C)(C)C3)c(=O)oc2c1. The molecule has 0 atom stereocenters. The van der Waals surface area contributed by atoms with E-state index in [2.05, 4.69) is 38.3 Å². The number of aryl methyl sites for hydroxylation is 1. The molecular weight excluding hydrogens is 356 g/mol. The van der Waals surface area contributed by atoms with E-state index in [0.29, 0.717) is 16.9 Å². The van der Waals surface area contributed by atoms with Gasteiger partial charge in [0.15, 0.2) is 0 Å². The maximum Gasteiger partial charge on any atom is 0.340 e. The molecule has 152 valence electrons. The second kappa shape index (κ2) is 7.24. The van der Waals surface area contributed by atoms with Crippen LogP contribution in [0.5, 0.6) is 5.75 Å². The fraction of sp³-hybridized carbons (Fsp3) is 0.545. The van der Waals surface area contributed by atoms with Gasteiger partial charge >= 0.3 is 5.63 Å². The molecule has 3 rings (SSSR count). The average molecular weight is 386 g/mol. The van der Waals surface area contributed by atoms with E-state index in [9.17, 15) is 9.59 Å². The number of hydrogen-bond acceptors (Lipinski definition) is 5. The lowest BCUT2D eigenvalue weighted by Gasteiger charge is -2.46. The number of amides is 1. The second-order valence-corrected chi connectivity index (χ2v) is 9.10. The Morgan fingerprint density at radius 3 is 2.50 bits per heavy atom. The van der Waals surface area contributed by atoms with Crippen LogP contribution in [-0.4, -0.2) is 30.1 Å². The largest absolute Gasteiger partial charge is 0.497 e. The maximum atomic E-state index is 12.7. The van der Waals surface area contributed by atoms with Gasteiger partial charge in [-0.2, -0.15) is 0 Å². The number of piperidine rings is 1. The third kappa shape index (κ3) is 4.38. The van der Waals surface area contributed by atoms with Crippen molar-refractivity contribution in [3.8, 4) is 5.75 Å². The van der Waals surface area contributed by atoms with E-state index in [1.165, 1.54) is 0 Å². The van der Waals surface area contributed by atoms with Crippen LogP contribution in [0.3, 0.4) is 0 Å². The van der Waals surface area contributed by atoms with Crippen molar-refractivity contribution in [2.24, 2.45) is 0 Å². The van der Waals surface area contributed by atoms with Gasteiger partial charge in [0.25, 0.3) is 0 Å². The quantitative estimate of drug-likeness (QED) is 0.790. The van der Waals surface area contributed by atoms with Crippen molar-refractivity contribution >= 4 is 16.9 Å². The molecule has 6 heteroatoms. The summed E-state index contributed by atoms with van der Waals surface area (Å²) in [6.45, 7) is 10.4. The van der Waals surface area contributed by atoms with Gasteiger partial charge in [-0.3, -0.25) is 4.79 Å². The molecule has 0 unspecified atom stereocenters. The third-order valence-corrected chi connectivity index (χ3v) is 5.39. The van der Waals surface area contributed by atoms with Crippen molar-refractivity contribution in [3.63, 3.8) is 0 Å². The summed E-state index contributed by atoms with van der Waals surface area (Å²) in [5.41, 5.74) is 1.05. The highest BCUT2D eigenvalue weighted by Gasteiger charge is 2.38. The minimum atomic E-state index is -0.473. The smallest absolute Gasteiger partial charge is 0.340 e. The summed E-state index contributed by atoms with van der Waals surface area (Å²) in [7, 11) is 1.56. The van der Waals surface area contributed by atoms with E-state index >= 15 is 0 Å². The molecular formula is C22H30N2O4. The lowest BCUT2D eigenvalue weighted by Crippen LogP contribution is -2.62. The summed E-state index contributed by atoms with van der Waals surface area (Å²) in [6, 6.07) is 5.42. The van der Waals surface area contributed by atoms with E-state index in [1.54, 1.807) is 13.2 Å². The maximum absolute atomic E-state index is 12.7. The highest BCUT2D eigenvalue weighted by molar-refractivity contribution is 5.85. The van der Waals surface area contributed by atoms with Gasteiger partial charge in [-0.25, -0.2) is 4.79 Å². The molecule has 6 nitrogen and oxygen atoms in total. The molecule has 0 radical (unpaired) electrons. The first-order chi connectivity index (χ1) is 13.0. The van der Waals surface area contributed by atoms with E-state index in [4.69, 9.17) is 9.15 Å². The van der Waals surface area contributed by atoms with Crippen molar-refractivity contribution in [3.05, 3.63) is 39.7 Å². The number of nitrogens with one attached hydrogen (secondary N) is 2. The lowest BCUT2D eigenvalue weighted by molar-refractivity contribution is -0.121. The van der Waals surface area contributed by atoms with Gasteiger partial charge in [0.2, 0.25) is 5.91 Å². The number of methoxy groups -OCH3 is 1. The normalized spacial score (nSPS) is 18.8. The minimum absolute atomic E-state index is 0.0148. The zero-order valence-corrected chi connectivity index (χ0v) is 17.6. The van der Waals surface area contributed by atoms with Crippen LogP contribution in [-0.2, 0) is 11.2 Å². The monoisotopic (exact) mass is 386 g/mol. The number of rotatable bonds is 4. The van der Waals surface area contributed by atoms with Gasteiger partial charge in [-0.05, 0) is 65.2 Å². The zero-order chi connectivity index (χ0) is 20.7. The molecule has 28 heavy (non-hydrogen) atoms. The molecule has 1 amide bonds. The standard InChI is InChI=1S/C22H30N2O4/c1-13-16-8-7-15(27-6)9-18(16)28-20(26)17(13)10-19(25)23-14-11-21(2,3)24-22(4,5)12-14/h7-9,14,24H,10-12H2,1-6H3,(H,23,25). The number of carbonyl (C=O) groups is 1. The Hall–Kier alpha value is -2.34. The van der Waals surface area contributed by atoms with Crippen LogP contribution in [0.1, 0.15) is 51.7 Å². The number of hydrogen-bond donors (Lipinski definition) is 2. The average Bonchev–Trinajstić information content (AvgIpc) is 2.55. The predicted octanol–water partition coefficient (Wildman–Crippen LogP) is 3.08. The molecule has 1 aliphatic rings. The van der Waals surface area contributed by atoms with Gasteiger partial charge in [-0.15, -0.1) is 0 Å². The second-order valence-electron chi connectivity index (χ2n) is 9.10. The van der Waals surface area contributed by atoms with Crippen LogP contribution in [0.25, 0.3) is 11.0 Å². The molecule has 1 saturated heterocycles. The van der Waals surface area contributed by atoms with Gasteiger partial charge < -0.3 is 19.8 Å². The van der Waals surface area contributed by atoms with Gasteiger partial charge in [-0.1, -0.05) is 0 Å². The molecule has 1 fully saturated rings. The highest BCUT2D eigenvalue weighted by atomic mass is 16.5. The topological polar surface area (TPSA) is 80.6 Å². The highest BCUT2D eigenvalue weighted by Crippen LogP contribution is 2.29. The fourth-order valence-corrected chi connectivity index (χ4v) is 4.57. The molecule has 2 heterocycles. The van der Waals surface area contributed by atoms with Crippen LogP contribution in [0, 0.1) is 6.92 Å². The summed E-state index contributed by atoms with van der Waals surface area (Å²) in [5, 5.41) is 7.54. The number of benzene rings is 1. The molecule has 0 spiro atoms. The zero-order valence-electron chi connectivity index (χ0n) is 17.6. The Morgan fingerprint density at radius 2 is 1.89 bits per heavy atom. The van der Waals surface area contributed by atoms with Gasteiger partial charge in [0, 0.05) is 28.6 Å². The number of ether oxygens (including phenoxy) is 1. The van der Waals surface area contributed by atoms with Crippen LogP contribution in [0.2, 0.25) is 0 Å². The van der Waals surface area contributed by atoms with Crippen molar-refractivity contribution in [2.75, 3.05) is 7.11 Å². The van der Waals surface area contributed by atoms with Crippen LogP contribution >= 0.6 is 0 Å². The molecule has 2 N–H and O–H groups in total. The summed E-state index contributed by atoms with van der Waals surface area (Å²) in [5.74, 6) is 0.471. The minimum Gasteiger partial charge on any atom is -0.497 e. The summed E-state index contributed by atoms with van der Waals surface area (Å²) in [6.07, 6.45) is 1.70. The van der Waals surface area contributed by atoms with E-state index in [0.717, 1.165) is 23.8 Å². The lowest BCUT2D eigenvalue weighted by atomic mass is 9.79. The van der Waals surface area contributed by atoms with Crippen LogP contribution < -0.4 is 21.0 Å². The van der Waals surface area contributed by atoms with Crippen molar-refractivity contribution < 1.29 is 13.9 Å². The van der Waals surface area contributed by atoms with Gasteiger partial charge in [0.1, 0.15) is 11.3 Å². The number of carbonyl (C=O) groups excluding carboxylic acids is 1. The Labute approximate surface area is 165 Å². The van der Waals surface area contributed by atoms with Crippen molar-refractivity contribution in [2.45, 2.75) is 71.0 Å². The van der Waals surface area contributed by atoms with Crippen LogP contribution in [0.4, 0.5) is 0 Å². The fourth-order valence-electron chi connectivity index (χ4n) is 4.57. The first-order valence-corrected chi connectivity index (χ1v) is 9.69. The van der Waals surface area contributed by atoms with E-state index in [1.807, 2.05) is 19.1 Å². The van der Waals surface area contributed by atoms with Crippen molar-refractivity contribution in [1.82, 2.24) is 10.6 Å². The third-order valence-electron chi connectivity index (χ3n) is 5.39. The van der Waals surface area contributed by atoms with Crippen molar-refractivity contribution in [1.29, 1.82) is 0 Å². The van der Waals surface area contributed by atoms with Crippen LogP contribution in [0.15, 0.2) is 27.4 Å². The first kappa shape index (κ1) is 20.4. The first-order valence-electron chi connectivity index (χ1n) is 9.69. The van der Waals surface area contributed by atoms with Gasteiger partial charge in [0.05, 0.1) is 19.1 Å². The molecule has 0 aliphatic carbocycles.